The maximum atomic E-state index is 13.3. The van der Waals surface area contributed by atoms with Crippen molar-refractivity contribution in [1.29, 1.82) is 0 Å². The van der Waals surface area contributed by atoms with E-state index in [9.17, 15) is 4.39 Å². The Hall–Kier alpha value is -1.11. The predicted octanol–water partition coefficient (Wildman–Crippen LogP) is -0.0792. The fourth-order valence-corrected chi connectivity index (χ4v) is 1.18. The number of ether oxygens (including phenoxy) is 2. The first-order valence-electron chi connectivity index (χ1n) is 4.92. The zero-order valence-electron chi connectivity index (χ0n) is 9.02. The van der Waals surface area contributed by atoms with Gasteiger partial charge in [-0.1, -0.05) is 6.07 Å². The quantitative estimate of drug-likeness (QED) is 0.528. The molecule has 1 aromatic rings. The zero-order chi connectivity index (χ0) is 12.0. The average molecular weight is 228 g/mol. The van der Waals surface area contributed by atoms with Gasteiger partial charge in [-0.2, -0.15) is 0 Å². The Morgan fingerprint density at radius 3 is 2.62 bits per heavy atom. The second-order valence-corrected chi connectivity index (χ2v) is 3.26. The lowest BCUT2D eigenvalue weighted by Gasteiger charge is -2.08. The van der Waals surface area contributed by atoms with Gasteiger partial charge in [0.15, 0.2) is 11.6 Å². The number of methoxy groups -OCH3 is 1. The molecule has 1 rings (SSSR count). The van der Waals surface area contributed by atoms with E-state index >= 15 is 0 Å². The van der Waals surface area contributed by atoms with Crippen LogP contribution in [0, 0.1) is 5.82 Å². The minimum atomic E-state index is -1.67. The van der Waals surface area contributed by atoms with Crippen LogP contribution < -0.4 is 10.2 Å². The highest BCUT2D eigenvalue weighted by Crippen LogP contribution is 2.14. The van der Waals surface area contributed by atoms with Crippen LogP contribution in [0.5, 0.6) is 5.75 Å². The van der Waals surface area contributed by atoms with Crippen LogP contribution in [0.4, 0.5) is 4.39 Å². The van der Waals surface area contributed by atoms with E-state index < -0.39 is 12.9 Å². The van der Waals surface area contributed by atoms with E-state index in [0.29, 0.717) is 19.6 Å². The molecule has 4 nitrogen and oxygen atoms in total. The Balaban J connectivity index is 2.54. The lowest BCUT2D eigenvalue weighted by molar-refractivity contribution is 0.170. The van der Waals surface area contributed by atoms with Gasteiger partial charge in [0.2, 0.25) is 0 Å². The van der Waals surface area contributed by atoms with Crippen LogP contribution in [-0.4, -0.2) is 37.5 Å². The Morgan fingerprint density at radius 2 is 2.06 bits per heavy atom. The molecule has 0 aromatic heterocycles. The first-order chi connectivity index (χ1) is 7.65. The molecular weight excluding hydrogens is 214 g/mol. The van der Waals surface area contributed by atoms with Gasteiger partial charge in [-0.25, -0.2) is 4.39 Å². The van der Waals surface area contributed by atoms with Crippen LogP contribution in [-0.2, 0) is 4.74 Å². The highest BCUT2D eigenvalue weighted by atomic mass is 19.1. The van der Waals surface area contributed by atoms with E-state index in [1.54, 1.807) is 7.11 Å². The van der Waals surface area contributed by atoms with Crippen LogP contribution in [0.15, 0.2) is 18.2 Å². The molecule has 0 saturated heterocycles. The van der Waals surface area contributed by atoms with E-state index in [1.165, 1.54) is 12.1 Å². The molecule has 0 atom stereocenters. The van der Waals surface area contributed by atoms with Gasteiger partial charge < -0.3 is 19.5 Å². The summed E-state index contributed by atoms with van der Waals surface area (Å²) >= 11 is 0. The molecule has 0 fully saturated rings. The SMILES string of the molecule is COCCCOc1ccc(B(O)O)cc1F. The number of rotatable bonds is 6. The summed E-state index contributed by atoms with van der Waals surface area (Å²) in [6.07, 6.45) is 0.667. The third kappa shape index (κ3) is 3.81. The van der Waals surface area contributed by atoms with E-state index in [-0.39, 0.29) is 11.2 Å². The summed E-state index contributed by atoms with van der Waals surface area (Å²) in [5.74, 6) is -0.511. The van der Waals surface area contributed by atoms with E-state index in [2.05, 4.69) is 0 Å². The van der Waals surface area contributed by atoms with Crippen LogP contribution >= 0.6 is 0 Å². The fraction of sp³-hybridized carbons (Fsp3) is 0.400. The molecule has 0 aliphatic rings. The highest BCUT2D eigenvalue weighted by molar-refractivity contribution is 6.58. The lowest BCUT2D eigenvalue weighted by Crippen LogP contribution is -2.30. The number of hydrogen-bond donors (Lipinski definition) is 2. The van der Waals surface area contributed by atoms with E-state index in [4.69, 9.17) is 19.5 Å². The summed E-state index contributed by atoms with van der Waals surface area (Å²) in [6, 6.07) is 3.81. The van der Waals surface area contributed by atoms with Crippen LogP contribution in [0.25, 0.3) is 0 Å². The van der Waals surface area contributed by atoms with Crippen molar-refractivity contribution >= 4 is 12.6 Å². The van der Waals surface area contributed by atoms with Crippen molar-refractivity contribution in [2.45, 2.75) is 6.42 Å². The van der Waals surface area contributed by atoms with Crippen molar-refractivity contribution in [2.75, 3.05) is 20.3 Å². The molecule has 0 unspecified atom stereocenters. The summed E-state index contributed by atoms with van der Waals surface area (Å²) in [5.41, 5.74) is 0.0988. The first-order valence-corrected chi connectivity index (χ1v) is 4.92. The normalized spacial score (nSPS) is 10.2. The molecule has 0 spiro atoms. The summed E-state index contributed by atoms with van der Waals surface area (Å²) in [7, 11) is -0.0880. The fourth-order valence-electron chi connectivity index (χ4n) is 1.18. The molecule has 1 aromatic carbocycles. The third-order valence-electron chi connectivity index (χ3n) is 2.00. The standard InChI is InChI=1S/C10H14BFO4/c1-15-5-2-6-16-10-4-3-8(11(13)14)7-9(10)12/h3-4,7,13-14H,2,5-6H2,1H3. The minimum absolute atomic E-state index is 0.0977. The summed E-state index contributed by atoms with van der Waals surface area (Å²) < 4.78 is 23.3. The second kappa shape index (κ2) is 6.47. The molecule has 0 aliphatic heterocycles. The highest BCUT2D eigenvalue weighted by Gasteiger charge is 2.13. The van der Waals surface area contributed by atoms with Gasteiger partial charge in [-0.15, -0.1) is 0 Å². The first kappa shape index (κ1) is 13.0. The smallest absolute Gasteiger partial charge is 0.488 e. The molecule has 88 valence electrons. The molecular formula is C10H14BFO4. The van der Waals surface area contributed by atoms with Gasteiger partial charge in [-0.3, -0.25) is 0 Å². The third-order valence-corrected chi connectivity index (χ3v) is 2.00. The zero-order valence-corrected chi connectivity index (χ0v) is 9.02. The van der Waals surface area contributed by atoms with Crippen molar-refractivity contribution in [2.24, 2.45) is 0 Å². The van der Waals surface area contributed by atoms with Crippen LogP contribution in [0.1, 0.15) is 6.42 Å². The van der Waals surface area contributed by atoms with Crippen molar-refractivity contribution < 1.29 is 23.9 Å². The van der Waals surface area contributed by atoms with Gasteiger partial charge in [0.05, 0.1) is 6.61 Å². The molecule has 16 heavy (non-hydrogen) atoms. The van der Waals surface area contributed by atoms with E-state index in [0.717, 1.165) is 6.07 Å². The molecule has 6 heteroatoms. The van der Waals surface area contributed by atoms with Crippen molar-refractivity contribution in [3.05, 3.63) is 24.0 Å². The van der Waals surface area contributed by atoms with Crippen molar-refractivity contribution in [3.8, 4) is 5.75 Å². The Kier molecular flexibility index (Phi) is 5.24. The Labute approximate surface area is 93.8 Å². The number of benzene rings is 1. The molecule has 0 amide bonds. The van der Waals surface area contributed by atoms with Crippen molar-refractivity contribution in [1.82, 2.24) is 0 Å². The maximum absolute atomic E-state index is 13.3. The number of hydrogen-bond acceptors (Lipinski definition) is 4. The van der Waals surface area contributed by atoms with Gasteiger partial charge in [0.25, 0.3) is 0 Å². The summed E-state index contributed by atoms with van der Waals surface area (Å²) in [6.45, 7) is 0.904. The van der Waals surface area contributed by atoms with E-state index in [1.807, 2.05) is 0 Å². The molecule has 0 radical (unpaired) electrons. The number of halogens is 1. The topological polar surface area (TPSA) is 58.9 Å². The van der Waals surface area contributed by atoms with Crippen LogP contribution in [0.2, 0.25) is 0 Å². The van der Waals surface area contributed by atoms with Gasteiger partial charge in [0, 0.05) is 20.1 Å². The van der Waals surface area contributed by atoms with Crippen molar-refractivity contribution in [3.63, 3.8) is 0 Å². The maximum Gasteiger partial charge on any atom is 0.488 e. The molecule has 0 aliphatic carbocycles. The second-order valence-electron chi connectivity index (χ2n) is 3.26. The predicted molar refractivity (Wildman–Crippen MR) is 58.2 cm³/mol. The van der Waals surface area contributed by atoms with Crippen LogP contribution in [0.3, 0.4) is 0 Å². The van der Waals surface area contributed by atoms with Gasteiger partial charge in [-0.05, 0) is 17.6 Å². The summed E-state index contributed by atoms with van der Waals surface area (Å²) in [4.78, 5) is 0. The molecule has 2 N–H and O–H groups in total. The Bertz CT molecular complexity index is 333. The largest absolute Gasteiger partial charge is 0.490 e. The monoisotopic (exact) mass is 228 g/mol. The average Bonchev–Trinajstić information content (AvgIpc) is 2.26. The molecule has 0 bridgehead atoms. The lowest BCUT2D eigenvalue weighted by atomic mass is 9.80. The van der Waals surface area contributed by atoms with Gasteiger partial charge in [0.1, 0.15) is 0 Å². The van der Waals surface area contributed by atoms with Gasteiger partial charge >= 0.3 is 7.12 Å². The molecule has 0 saturated carbocycles. The Morgan fingerprint density at radius 1 is 1.31 bits per heavy atom. The minimum Gasteiger partial charge on any atom is -0.490 e. The summed E-state index contributed by atoms with van der Waals surface area (Å²) in [5, 5.41) is 17.6. The molecule has 0 heterocycles.